The largest absolute Gasteiger partial charge is 0.324 e. The summed E-state index contributed by atoms with van der Waals surface area (Å²) in [5, 5.41) is 12.6. The van der Waals surface area contributed by atoms with Crippen LogP contribution < -0.4 is 5.32 Å². The quantitative estimate of drug-likeness (QED) is 0.760. The van der Waals surface area contributed by atoms with Crippen LogP contribution in [0.25, 0.3) is 0 Å². The van der Waals surface area contributed by atoms with Gasteiger partial charge >= 0.3 is 0 Å². The van der Waals surface area contributed by atoms with E-state index < -0.39 is 0 Å². The summed E-state index contributed by atoms with van der Waals surface area (Å²) in [6.45, 7) is 6.94. The van der Waals surface area contributed by atoms with Gasteiger partial charge in [-0.3, -0.25) is 4.79 Å². The first-order chi connectivity index (χ1) is 10.9. The Morgan fingerprint density at radius 3 is 2.74 bits per heavy atom. The van der Waals surface area contributed by atoms with Crippen molar-refractivity contribution in [3.63, 3.8) is 0 Å². The van der Waals surface area contributed by atoms with E-state index in [1.54, 1.807) is 18.2 Å². The second-order valence-electron chi connectivity index (χ2n) is 5.18. The molecule has 0 saturated heterocycles. The highest BCUT2D eigenvalue weighted by Crippen LogP contribution is 2.29. The van der Waals surface area contributed by atoms with Crippen LogP contribution in [0.1, 0.15) is 32.5 Å². The lowest BCUT2D eigenvalue weighted by atomic mass is 10.2. The molecule has 1 N–H and O–H groups in total. The maximum atomic E-state index is 12.1. The molecule has 2 rings (SSSR count). The molecule has 0 aliphatic heterocycles. The molecule has 1 aromatic heterocycles. The van der Waals surface area contributed by atoms with E-state index in [1.807, 2.05) is 11.5 Å². The maximum absolute atomic E-state index is 12.1. The Balaban J connectivity index is 2.01. The number of hydrogen-bond donors (Lipinski definition) is 1. The molecule has 0 aliphatic carbocycles. The highest BCUT2D eigenvalue weighted by Gasteiger charge is 2.15. The molecule has 1 amide bonds. The van der Waals surface area contributed by atoms with E-state index in [4.69, 9.17) is 23.2 Å². The third-order valence-electron chi connectivity index (χ3n) is 3.14. The lowest BCUT2D eigenvalue weighted by Crippen LogP contribution is -2.15. The topological polar surface area (TPSA) is 59.8 Å². The van der Waals surface area contributed by atoms with Crippen molar-refractivity contribution in [2.45, 2.75) is 38.4 Å². The number of amides is 1. The van der Waals surface area contributed by atoms with Crippen LogP contribution in [-0.4, -0.2) is 26.4 Å². The summed E-state index contributed by atoms with van der Waals surface area (Å²) in [6.07, 6.45) is 0. The van der Waals surface area contributed by atoms with Crippen molar-refractivity contribution in [3.05, 3.63) is 34.1 Å². The normalized spacial score (nSPS) is 11.0. The van der Waals surface area contributed by atoms with E-state index in [2.05, 4.69) is 29.4 Å². The molecule has 0 bridgehead atoms. The number of carbonyl (C=O) groups is 1. The minimum absolute atomic E-state index is 0.170. The Morgan fingerprint density at radius 1 is 1.35 bits per heavy atom. The van der Waals surface area contributed by atoms with E-state index in [-0.39, 0.29) is 17.6 Å². The van der Waals surface area contributed by atoms with Gasteiger partial charge in [0.15, 0.2) is 5.16 Å². The number of hydrogen-bond acceptors (Lipinski definition) is 4. The first-order valence-corrected chi connectivity index (χ1v) is 8.98. The number of nitrogens with one attached hydrogen (secondary N) is 1. The Bertz CT molecular complexity index is 703. The van der Waals surface area contributed by atoms with Crippen LogP contribution >= 0.6 is 35.0 Å². The van der Waals surface area contributed by atoms with Crippen molar-refractivity contribution < 1.29 is 4.79 Å². The van der Waals surface area contributed by atoms with Crippen molar-refractivity contribution in [1.29, 1.82) is 0 Å². The Labute approximate surface area is 149 Å². The number of anilines is 1. The summed E-state index contributed by atoms with van der Waals surface area (Å²) in [5.41, 5.74) is 0.504. The van der Waals surface area contributed by atoms with Crippen LogP contribution in [0.4, 0.5) is 5.69 Å². The highest BCUT2D eigenvalue weighted by atomic mass is 35.5. The third kappa shape index (κ3) is 4.40. The highest BCUT2D eigenvalue weighted by molar-refractivity contribution is 7.99. The maximum Gasteiger partial charge on any atom is 0.234 e. The molecule has 0 radical (unpaired) electrons. The molecule has 1 heterocycles. The Kier molecular flexibility index (Phi) is 6.33. The molecule has 5 nitrogen and oxygen atoms in total. The third-order valence-corrected chi connectivity index (χ3v) is 4.92. The molecule has 0 fully saturated rings. The summed E-state index contributed by atoms with van der Waals surface area (Å²) in [4.78, 5) is 12.1. The summed E-state index contributed by atoms with van der Waals surface area (Å²) < 4.78 is 2.02. The molecule has 2 aromatic rings. The lowest BCUT2D eigenvalue weighted by Gasteiger charge is -2.10. The smallest absolute Gasteiger partial charge is 0.234 e. The number of halogens is 2. The first-order valence-electron chi connectivity index (χ1n) is 7.23. The van der Waals surface area contributed by atoms with Gasteiger partial charge in [0.1, 0.15) is 5.82 Å². The average molecular weight is 373 g/mol. The van der Waals surface area contributed by atoms with Crippen LogP contribution in [0, 0.1) is 0 Å². The van der Waals surface area contributed by atoms with Gasteiger partial charge < -0.3 is 9.88 Å². The molecular weight excluding hydrogens is 355 g/mol. The summed E-state index contributed by atoms with van der Waals surface area (Å²) >= 11 is 13.3. The van der Waals surface area contributed by atoms with Crippen molar-refractivity contribution >= 4 is 46.6 Å². The summed E-state index contributed by atoms with van der Waals surface area (Å²) in [5.74, 6) is 1.26. The van der Waals surface area contributed by atoms with Crippen molar-refractivity contribution in [2.75, 3.05) is 11.1 Å². The van der Waals surface area contributed by atoms with Crippen molar-refractivity contribution in [1.82, 2.24) is 14.8 Å². The molecule has 23 heavy (non-hydrogen) atoms. The van der Waals surface area contributed by atoms with Gasteiger partial charge in [0, 0.05) is 12.5 Å². The van der Waals surface area contributed by atoms with Gasteiger partial charge in [0.2, 0.25) is 5.91 Å². The van der Waals surface area contributed by atoms with Gasteiger partial charge in [-0.05, 0) is 19.1 Å². The fourth-order valence-electron chi connectivity index (χ4n) is 2.05. The number of nitrogens with zero attached hydrogens (tertiary/aromatic N) is 3. The second-order valence-corrected chi connectivity index (χ2v) is 6.91. The molecule has 0 saturated carbocycles. The van der Waals surface area contributed by atoms with Gasteiger partial charge in [0.25, 0.3) is 0 Å². The zero-order chi connectivity index (χ0) is 17.0. The van der Waals surface area contributed by atoms with E-state index in [0.717, 1.165) is 17.5 Å². The predicted octanol–water partition coefficient (Wildman–Crippen LogP) is 4.46. The molecular formula is C15H18Cl2N4OS. The number of benzene rings is 1. The molecule has 124 valence electrons. The van der Waals surface area contributed by atoms with E-state index in [9.17, 15) is 4.79 Å². The summed E-state index contributed by atoms with van der Waals surface area (Å²) in [7, 11) is 0. The number of aromatic nitrogens is 3. The Hall–Kier alpha value is -1.24. The van der Waals surface area contributed by atoms with Crippen LogP contribution in [0.15, 0.2) is 23.4 Å². The number of rotatable bonds is 6. The van der Waals surface area contributed by atoms with Crippen molar-refractivity contribution in [2.24, 2.45) is 0 Å². The molecule has 0 aliphatic rings. The zero-order valence-electron chi connectivity index (χ0n) is 13.1. The van der Waals surface area contributed by atoms with Gasteiger partial charge in [-0.2, -0.15) is 0 Å². The van der Waals surface area contributed by atoms with Crippen LogP contribution in [-0.2, 0) is 11.3 Å². The monoisotopic (exact) mass is 372 g/mol. The zero-order valence-corrected chi connectivity index (χ0v) is 15.5. The van der Waals surface area contributed by atoms with E-state index >= 15 is 0 Å². The van der Waals surface area contributed by atoms with Gasteiger partial charge in [-0.15, -0.1) is 10.2 Å². The molecule has 0 spiro atoms. The fourth-order valence-corrected chi connectivity index (χ4v) is 3.21. The number of thioether (sulfide) groups is 1. The van der Waals surface area contributed by atoms with Crippen LogP contribution in [0.3, 0.4) is 0 Å². The fraction of sp³-hybridized carbons (Fsp3) is 0.400. The van der Waals surface area contributed by atoms with Gasteiger partial charge in [-0.25, -0.2) is 0 Å². The first kappa shape index (κ1) is 18.1. The SMILES string of the molecule is CCn1c(SCC(=O)Nc2cccc(Cl)c2Cl)nnc1C(C)C. The predicted molar refractivity (Wildman–Crippen MR) is 95.6 cm³/mol. The van der Waals surface area contributed by atoms with E-state index in [0.29, 0.717) is 15.7 Å². The Morgan fingerprint density at radius 2 is 2.09 bits per heavy atom. The van der Waals surface area contributed by atoms with Gasteiger partial charge in [0.05, 0.1) is 21.5 Å². The van der Waals surface area contributed by atoms with E-state index in [1.165, 1.54) is 11.8 Å². The van der Waals surface area contributed by atoms with Crippen LogP contribution in [0.2, 0.25) is 10.0 Å². The van der Waals surface area contributed by atoms with Gasteiger partial charge in [-0.1, -0.05) is 54.9 Å². The molecule has 0 unspecified atom stereocenters. The second kappa shape index (κ2) is 8.04. The van der Waals surface area contributed by atoms with Crippen LogP contribution in [0.5, 0.6) is 0 Å². The standard InChI is InChI=1S/C15H18Cl2N4OS/c1-4-21-14(9(2)3)19-20-15(21)23-8-12(22)18-11-7-5-6-10(16)13(11)17/h5-7,9H,4,8H2,1-3H3,(H,18,22). The summed E-state index contributed by atoms with van der Waals surface area (Å²) in [6, 6.07) is 5.12. The lowest BCUT2D eigenvalue weighted by molar-refractivity contribution is -0.113. The number of carbonyl (C=O) groups excluding carboxylic acids is 1. The molecule has 8 heteroatoms. The minimum Gasteiger partial charge on any atom is -0.324 e. The molecule has 1 aromatic carbocycles. The average Bonchev–Trinajstić information content (AvgIpc) is 2.93. The molecule has 0 atom stereocenters. The minimum atomic E-state index is -0.170. The van der Waals surface area contributed by atoms with Crippen molar-refractivity contribution in [3.8, 4) is 0 Å².